The smallest absolute Gasteiger partial charge is 0.344 e. The van der Waals surface area contributed by atoms with Crippen LogP contribution in [0.3, 0.4) is 0 Å². The first kappa shape index (κ1) is 24.0. The van der Waals surface area contributed by atoms with Crippen molar-refractivity contribution in [3.05, 3.63) is 29.0 Å². The normalized spacial score (nSPS) is 8.00. The van der Waals surface area contributed by atoms with E-state index in [4.69, 9.17) is 19.2 Å². The summed E-state index contributed by atoms with van der Waals surface area (Å²) < 4.78 is 9.77. The summed E-state index contributed by atoms with van der Waals surface area (Å²) in [5.74, 6) is 0. The van der Waals surface area contributed by atoms with Gasteiger partial charge in [0.2, 0.25) is 0 Å². The highest BCUT2D eigenvalue weighted by molar-refractivity contribution is 9.10. The van der Waals surface area contributed by atoms with Gasteiger partial charge in [0.15, 0.2) is 0 Å². The molecule has 0 unspecified atom stereocenters. The van der Waals surface area contributed by atoms with Crippen molar-refractivity contribution < 1.29 is 19.2 Å². The number of rotatable bonds is 0. The molecule has 1 heterocycles. The third-order valence-corrected chi connectivity index (χ3v) is 1.10. The molecule has 0 saturated heterocycles. The first-order valence-corrected chi connectivity index (χ1v) is 5.10. The minimum atomic E-state index is -4.64. The molecule has 0 amide bonds. The molecule has 0 aliphatic rings. The quantitative estimate of drug-likeness (QED) is 0.305. The number of nitrogens with zero attached hydrogens (tertiary/aromatic N) is 1. The lowest BCUT2D eigenvalue weighted by Crippen LogP contribution is -1.66. The Hall–Kier alpha value is -0.380. The molecule has 0 saturated carbocycles. The molecule has 10 heteroatoms. The number of phosphoric acid groups is 1. The van der Waals surface area contributed by atoms with E-state index in [-0.39, 0.29) is 18.5 Å². The fraction of sp³-hybridized carbons (Fsp3) is 0. The van der Waals surface area contributed by atoms with Gasteiger partial charge in [0, 0.05) is 6.20 Å². The monoisotopic (exact) mass is 306 g/mol. The fourth-order valence-corrected chi connectivity index (χ4v) is 0.613. The zero-order valence-corrected chi connectivity index (χ0v) is 10.4. The molecule has 92 valence electrons. The van der Waals surface area contributed by atoms with Crippen molar-refractivity contribution in [1.29, 1.82) is 0 Å². The van der Waals surface area contributed by atoms with Crippen LogP contribution in [0.4, 0.5) is 0 Å². The van der Waals surface area contributed by atoms with Gasteiger partial charge < -0.3 is 33.1 Å². The van der Waals surface area contributed by atoms with Gasteiger partial charge in [0.1, 0.15) is 4.60 Å². The second kappa shape index (κ2) is 11.7. The van der Waals surface area contributed by atoms with Crippen molar-refractivity contribution in [2.24, 2.45) is 0 Å². The lowest BCUT2D eigenvalue weighted by molar-refractivity contribution is 0.275. The average molecular weight is 307 g/mol. The van der Waals surface area contributed by atoms with E-state index in [9.17, 15) is 0 Å². The van der Waals surface area contributed by atoms with Crippen LogP contribution < -0.4 is 18.5 Å². The Morgan fingerprint density at radius 3 is 1.67 bits per heavy atom. The van der Waals surface area contributed by atoms with Crippen LogP contribution in [0, 0.1) is 0 Å². The fourth-order valence-electron chi connectivity index (χ4n) is 0.342. The summed E-state index contributed by atoms with van der Waals surface area (Å²) in [6.07, 6.45) is 1.74. The van der Waals surface area contributed by atoms with E-state index in [1.54, 1.807) is 6.20 Å². The van der Waals surface area contributed by atoms with E-state index in [2.05, 4.69) is 20.9 Å². The van der Waals surface area contributed by atoms with Crippen LogP contribution in [0.5, 0.6) is 0 Å². The first-order valence-electron chi connectivity index (χ1n) is 2.74. The van der Waals surface area contributed by atoms with E-state index in [0.717, 1.165) is 4.60 Å². The Morgan fingerprint density at radius 1 is 1.13 bits per heavy atom. The van der Waals surface area contributed by atoms with Crippen molar-refractivity contribution in [3.8, 4) is 0 Å². The maximum Gasteiger partial charge on any atom is 0.466 e. The Bertz CT molecular complexity index is 261. The molecule has 8 nitrogen and oxygen atoms in total. The first-order chi connectivity index (χ1) is 5.39. The van der Waals surface area contributed by atoms with Crippen LogP contribution in [0.1, 0.15) is 0 Å². The highest BCUT2D eigenvalue weighted by Gasteiger charge is 2.00. The van der Waals surface area contributed by atoms with Gasteiger partial charge in [0.05, 0.1) is 0 Å². The van der Waals surface area contributed by atoms with Gasteiger partial charge in [-0.15, -0.1) is 0 Å². The molecule has 0 aliphatic heterocycles. The van der Waals surface area contributed by atoms with Crippen LogP contribution in [0.15, 0.2) is 29.0 Å². The highest BCUT2D eigenvalue weighted by atomic mass is 79.9. The minimum Gasteiger partial charge on any atom is -0.344 e. The minimum absolute atomic E-state index is 0. The molecule has 0 bridgehead atoms. The molecule has 15 heavy (non-hydrogen) atoms. The van der Waals surface area contributed by atoms with Gasteiger partial charge >= 0.3 is 7.82 Å². The molecule has 0 fully saturated rings. The van der Waals surface area contributed by atoms with E-state index in [1.165, 1.54) is 0 Å². The number of aromatic nitrogens is 1. The summed E-state index contributed by atoms with van der Waals surface area (Å²) >= 11 is 3.20. The van der Waals surface area contributed by atoms with E-state index >= 15 is 0 Å². The summed E-state index contributed by atoms with van der Waals surface area (Å²) in [6.45, 7) is 0. The van der Waals surface area contributed by atoms with Crippen LogP contribution in [0.25, 0.3) is 0 Å². The molecule has 12 N–H and O–H groups in total. The Balaban J connectivity index is -0.0000000701. The lowest BCUT2D eigenvalue weighted by Gasteiger charge is -1.82. The van der Waals surface area contributed by atoms with Crippen molar-refractivity contribution in [3.63, 3.8) is 0 Å². The van der Waals surface area contributed by atoms with Gasteiger partial charge in [-0.1, -0.05) is 6.07 Å². The van der Waals surface area contributed by atoms with Crippen molar-refractivity contribution in [2.75, 3.05) is 0 Å². The molecular weight excluding hydrogens is 291 g/mol. The zero-order chi connectivity index (χ0) is 9.61. The van der Waals surface area contributed by atoms with Gasteiger partial charge in [-0.2, -0.15) is 0 Å². The maximum absolute atomic E-state index is 8.88. The number of halogens is 1. The molecule has 1 aromatic rings. The Morgan fingerprint density at radius 2 is 1.53 bits per heavy atom. The largest absolute Gasteiger partial charge is 0.466 e. The molecule has 0 radical (unpaired) electrons. The summed E-state index contributed by atoms with van der Waals surface area (Å²) in [6, 6.07) is 5.70. The predicted molar refractivity (Wildman–Crippen MR) is 61.3 cm³/mol. The highest BCUT2D eigenvalue weighted by Crippen LogP contribution is 2.25. The van der Waals surface area contributed by atoms with Gasteiger partial charge in [-0.05, 0) is 28.1 Å². The SMILES string of the molecule is Brc1ccccn1.N.N.N.O=P(O)(O)O. The molecule has 0 aromatic carbocycles. The van der Waals surface area contributed by atoms with Crippen molar-refractivity contribution >= 4 is 23.8 Å². The van der Waals surface area contributed by atoms with Gasteiger partial charge in [-0.25, -0.2) is 9.55 Å². The number of pyridine rings is 1. The molecule has 0 atom stereocenters. The third-order valence-electron chi connectivity index (χ3n) is 0.629. The summed E-state index contributed by atoms with van der Waals surface area (Å²) in [5.41, 5.74) is 0. The zero-order valence-electron chi connectivity index (χ0n) is 7.95. The molecule has 0 spiro atoms. The summed E-state index contributed by atoms with van der Waals surface area (Å²) in [7, 11) is -4.64. The topological polar surface area (TPSA) is 196 Å². The molecule has 0 aliphatic carbocycles. The number of hydrogen-bond acceptors (Lipinski definition) is 5. The van der Waals surface area contributed by atoms with E-state index in [0.29, 0.717) is 0 Å². The van der Waals surface area contributed by atoms with Gasteiger partial charge in [-0.3, -0.25) is 0 Å². The second-order valence-electron chi connectivity index (χ2n) is 1.67. The maximum atomic E-state index is 8.88. The van der Waals surface area contributed by atoms with Crippen molar-refractivity contribution in [2.45, 2.75) is 0 Å². The average Bonchev–Trinajstić information content (AvgIpc) is 1.85. The lowest BCUT2D eigenvalue weighted by atomic mass is 10.5. The predicted octanol–water partition coefficient (Wildman–Crippen LogP) is 1.40. The number of hydrogen-bond donors (Lipinski definition) is 6. The standard InChI is InChI=1S/C5H4BrN.3H3N.H3O4P/c6-5-3-1-2-4-7-5;;;;1-5(2,3)4/h1-4H;3*1H3;(H3,1,2,3,4). The molecule has 1 rings (SSSR count). The van der Waals surface area contributed by atoms with Gasteiger partial charge in [0.25, 0.3) is 0 Å². The van der Waals surface area contributed by atoms with Crippen LogP contribution in [-0.4, -0.2) is 19.7 Å². The van der Waals surface area contributed by atoms with E-state index < -0.39 is 7.82 Å². The third kappa shape index (κ3) is 31.7. The van der Waals surface area contributed by atoms with Crippen molar-refractivity contribution in [1.82, 2.24) is 23.4 Å². The second-order valence-corrected chi connectivity index (χ2v) is 3.50. The van der Waals surface area contributed by atoms with Crippen LogP contribution >= 0.6 is 23.8 Å². The van der Waals surface area contributed by atoms with Crippen LogP contribution in [-0.2, 0) is 4.57 Å². The molecular formula is C5H16BrN4O4P. The Kier molecular flexibility index (Phi) is 18.7. The Labute approximate surface area is 95.9 Å². The summed E-state index contributed by atoms with van der Waals surface area (Å²) in [4.78, 5) is 25.5. The van der Waals surface area contributed by atoms with Crippen LogP contribution in [0.2, 0.25) is 0 Å². The summed E-state index contributed by atoms with van der Waals surface area (Å²) in [5, 5.41) is 0. The van der Waals surface area contributed by atoms with E-state index in [1.807, 2.05) is 18.2 Å². The molecule has 1 aromatic heterocycles.